The SMILES string of the molecule is COc1cc([N+](=O)[O-])ccc1NC(=O)[C@H](C)Sc1c(Cl)cccc1Cl. The molecule has 0 radical (unpaired) electrons. The van der Waals surface area contributed by atoms with Crippen molar-refractivity contribution >= 4 is 52.2 Å². The van der Waals surface area contributed by atoms with Crippen LogP contribution in [-0.2, 0) is 4.79 Å². The Balaban J connectivity index is 2.15. The van der Waals surface area contributed by atoms with Gasteiger partial charge in [-0.25, -0.2) is 0 Å². The van der Waals surface area contributed by atoms with E-state index in [2.05, 4.69) is 5.32 Å². The number of non-ortho nitro benzene ring substituents is 1. The number of halogens is 2. The molecule has 1 amide bonds. The molecule has 0 aliphatic carbocycles. The molecule has 0 aromatic heterocycles. The van der Waals surface area contributed by atoms with E-state index in [9.17, 15) is 14.9 Å². The fourth-order valence-corrected chi connectivity index (χ4v) is 3.50. The summed E-state index contributed by atoms with van der Waals surface area (Å²) in [6.07, 6.45) is 0. The number of hydrogen-bond acceptors (Lipinski definition) is 5. The minimum atomic E-state index is -0.536. The van der Waals surface area contributed by atoms with Crippen LogP contribution in [0.1, 0.15) is 6.92 Å². The Kier molecular flexibility index (Phi) is 6.52. The molecule has 2 aromatic carbocycles. The number of carbonyl (C=O) groups is 1. The van der Waals surface area contributed by atoms with Gasteiger partial charge in [0.2, 0.25) is 5.91 Å². The molecule has 25 heavy (non-hydrogen) atoms. The molecule has 0 heterocycles. The average molecular weight is 401 g/mol. The maximum absolute atomic E-state index is 12.4. The second-order valence-corrected chi connectivity index (χ2v) is 7.11. The van der Waals surface area contributed by atoms with Crippen molar-refractivity contribution in [1.29, 1.82) is 0 Å². The van der Waals surface area contributed by atoms with Crippen LogP contribution < -0.4 is 10.1 Å². The molecule has 0 saturated carbocycles. The molecule has 0 aliphatic heterocycles. The van der Waals surface area contributed by atoms with Gasteiger partial charge in [0.25, 0.3) is 5.69 Å². The number of nitrogens with one attached hydrogen (secondary N) is 1. The number of rotatable bonds is 6. The number of nitro groups is 1. The van der Waals surface area contributed by atoms with Crippen LogP contribution in [0.25, 0.3) is 0 Å². The summed E-state index contributed by atoms with van der Waals surface area (Å²) in [6.45, 7) is 1.71. The van der Waals surface area contributed by atoms with E-state index < -0.39 is 10.2 Å². The van der Waals surface area contributed by atoms with Gasteiger partial charge in [0, 0.05) is 11.0 Å². The molecule has 2 aromatic rings. The fraction of sp³-hybridized carbons (Fsp3) is 0.188. The second kappa shape index (κ2) is 8.42. The van der Waals surface area contributed by atoms with Gasteiger partial charge in [-0.05, 0) is 25.1 Å². The highest BCUT2D eigenvalue weighted by Crippen LogP contribution is 2.37. The summed E-state index contributed by atoms with van der Waals surface area (Å²) >= 11 is 13.4. The van der Waals surface area contributed by atoms with Crippen molar-refractivity contribution in [1.82, 2.24) is 0 Å². The van der Waals surface area contributed by atoms with E-state index in [4.69, 9.17) is 27.9 Å². The minimum Gasteiger partial charge on any atom is -0.494 e. The standard InChI is InChI=1S/C16H14Cl2N2O4S/c1-9(25-15-11(17)4-3-5-12(15)18)16(21)19-13-7-6-10(20(22)23)8-14(13)24-2/h3-9H,1-2H3,(H,19,21)/t9-/m0/s1. The first-order chi connectivity index (χ1) is 11.8. The first-order valence-electron chi connectivity index (χ1n) is 7.07. The lowest BCUT2D eigenvalue weighted by Crippen LogP contribution is -2.22. The van der Waals surface area contributed by atoms with Crippen LogP contribution in [0.3, 0.4) is 0 Å². The Bertz CT molecular complexity index is 796. The third kappa shape index (κ3) is 4.78. The number of amides is 1. The summed E-state index contributed by atoms with van der Waals surface area (Å²) in [6, 6.07) is 9.08. The van der Waals surface area contributed by atoms with Gasteiger partial charge >= 0.3 is 0 Å². The van der Waals surface area contributed by atoms with Gasteiger partial charge in [-0.3, -0.25) is 14.9 Å². The Morgan fingerprint density at radius 2 is 1.92 bits per heavy atom. The van der Waals surface area contributed by atoms with Gasteiger partial charge in [-0.1, -0.05) is 29.3 Å². The molecule has 0 unspecified atom stereocenters. The van der Waals surface area contributed by atoms with Gasteiger partial charge in [0.05, 0.1) is 39.1 Å². The molecule has 132 valence electrons. The molecule has 9 heteroatoms. The number of anilines is 1. The highest BCUT2D eigenvalue weighted by molar-refractivity contribution is 8.00. The van der Waals surface area contributed by atoms with Crippen LogP contribution in [-0.4, -0.2) is 23.2 Å². The Morgan fingerprint density at radius 3 is 2.48 bits per heavy atom. The summed E-state index contributed by atoms with van der Waals surface area (Å²) in [5, 5.41) is 13.9. The van der Waals surface area contributed by atoms with Gasteiger partial charge < -0.3 is 10.1 Å². The number of methoxy groups -OCH3 is 1. The fourth-order valence-electron chi connectivity index (χ4n) is 1.96. The van der Waals surface area contributed by atoms with Crippen molar-refractivity contribution in [2.45, 2.75) is 17.1 Å². The maximum Gasteiger partial charge on any atom is 0.273 e. The van der Waals surface area contributed by atoms with Gasteiger partial charge in [-0.15, -0.1) is 11.8 Å². The van der Waals surface area contributed by atoms with E-state index in [-0.39, 0.29) is 17.3 Å². The number of ether oxygens (including phenoxy) is 1. The molecule has 6 nitrogen and oxygen atoms in total. The normalized spacial score (nSPS) is 11.7. The summed E-state index contributed by atoms with van der Waals surface area (Å²) in [5.41, 5.74) is 0.218. The minimum absolute atomic E-state index is 0.125. The zero-order valence-corrected chi connectivity index (χ0v) is 15.6. The molecule has 0 aliphatic rings. The van der Waals surface area contributed by atoms with E-state index in [1.165, 1.54) is 37.1 Å². The second-order valence-electron chi connectivity index (χ2n) is 4.94. The summed E-state index contributed by atoms with van der Waals surface area (Å²) in [5.74, 6) is -0.108. The van der Waals surface area contributed by atoms with Crippen LogP contribution in [0.5, 0.6) is 5.75 Å². The zero-order valence-electron chi connectivity index (χ0n) is 13.3. The van der Waals surface area contributed by atoms with Gasteiger partial charge in [-0.2, -0.15) is 0 Å². The molecular formula is C16H14Cl2N2O4S. The highest BCUT2D eigenvalue weighted by atomic mass is 35.5. The summed E-state index contributed by atoms with van der Waals surface area (Å²) in [7, 11) is 1.37. The smallest absolute Gasteiger partial charge is 0.273 e. The predicted molar refractivity (Wildman–Crippen MR) is 100 cm³/mol. The zero-order chi connectivity index (χ0) is 18.6. The predicted octanol–water partition coefficient (Wildman–Crippen LogP) is 5.03. The number of carbonyl (C=O) groups excluding carboxylic acids is 1. The number of nitrogens with zero attached hydrogens (tertiary/aromatic N) is 1. The van der Waals surface area contributed by atoms with Crippen molar-refractivity contribution in [3.05, 3.63) is 56.6 Å². The van der Waals surface area contributed by atoms with Crippen LogP contribution in [0.4, 0.5) is 11.4 Å². The van der Waals surface area contributed by atoms with Crippen LogP contribution in [0, 0.1) is 10.1 Å². The van der Waals surface area contributed by atoms with Crippen molar-refractivity contribution in [3.8, 4) is 5.75 Å². The Hall–Kier alpha value is -1.96. The molecule has 0 bridgehead atoms. The van der Waals surface area contributed by atoms with E-state index >= 15 is 0 Å². The van der Waals surface area contributed by atoms with Crippen LogP contribution in [0.15, 0.2) is 41.3 Å². The molecular weight excluding hydrogens is 387 g/mol. The number of benzene rings is 2. The largest absolute Gasteiger partial charge is 0.494 e. The maximum atomic E-state index is 12.4. The lowest BCUT2D eigenvalue weighted by atomic mass is 10.2. The van der Waals surface area contributed by atoms with E-state index in [0.29, 0.717) is 20.6 Å². The summed E-state index contributed by atoms with van der Waals surface area (Å²) in [4.78, 5) is 23.3. The monoisotopic (exact) mass is 400 g/mol. The van der Waals surface area contributed by atoms with E-state index in [1.807, 2.05) is 0 Å². The highest BCUT2D eigenvalue weighted by Gasteiger charge is 2.20. The van der Waals surface area contributed by atoms with Crippen LogP contribution in [0.2, 0.25) is 10.0 Å². The summed E-state index contributed by atoms with van der Waals surface area (Å²) < 4.78 is 5.11. The topological polar surface area (TPSA) is 81.5 Å². The first kappa shape index (κ1) is 19.4. The Morgan fingerprint density at radius 1 is 1.28 bits per heavy atom. The van der Waals surface area contributed by atoms with Crippen molar-refractivity contribution in [3.63, 3.8) is 0 Å². The Labute approximate surface area is 158 Å². The third-order valence-corrected chi connectivity index (χ3v) is 5.33. The molecule has 2 rings (SSSR count). The first-order valence-corrected chi connectivity index (χ1v) is 8.71. The molecule has 1 atom stereocenters. The van der Waals surface area contributed by atoms with E-state index in [0.717, 1.165) is 0 Å². The van der Waals surface area contributed by atoms with Gasteiger partial charge in [0.1, 0.15) is 5.75 Å². The lowest BCUT2D eigenvalue weighted by Gasteiger charge is -2.15. The third-order valence-electron chi connectivity index (χ3n) is 3.24. The molecule has 1 N–H and O–H groups in total. The molecule has 0 saturated heterocycles. The lowest BCUT2D eigenvalue weighted by molar-refractivity contribution is -0.384. The molecule has 0 spiro atoms. The average Bonchev–Trinajstić information content (AvgIpc) is 2.58. The van der Waals surface area contributed by atoms with Crippen molar-refractivity contribution in [2.24, 2.45) is 0 Å². The number of nitro benzene ring substituents is 1. The molecule has 0 fully saturated rings. The number of hydrogen-bond donors (Lipinski definition) is 1. The van der Waals surface area contributed by atoms with Crippen LogP contribution >= 0.6 is 35.0 Å². The van der Waals surface area contributed by atoms with Gasteiger partial charge in [0.15, 0.2) is 0 Å². The van der Waals surface area contributed by atoms with Crippen molar-refractivity contribution in [2.75, 3.05) is 12.4 Å². The quantitative estimate of drug-likeness (QED) is 0.417. The van der Waals surface area contributed by atoms with Crippen molar-refractivity contribution < 1.29 is 14.5 Å². The number of thioether (sulfide) groups is 1. The van der Waals surface area contributed by atoms with E-state index in [1.54, 1.807) is 25.1 Å².